The smallest absolute Gasteiger partial charge is 0.412 e. The molecular weight excluding hydrogens is 322 g/mol. The van der Waals surface area contributed by atoms with E-state index in [1.165, 1.54) is 4.90 Å². The Bertz CT molecular complexity index is 806. The third kappa shape index (κ3) is 3.52. The number of benzene rings is 2. The van der Waals surface area contributed by atoms with Gasteiger partial charge < -0.3 is 5.11 Å². The second kappa shape index (κ2) is 7.36. The van der Waals surface area contributed by atoms with E-state index in [0.29, 0.717) is 5.92 Å². The number of carbonyl (C=O) groups is 1. The molecule has 26 heavy (non-hydrogen) atoms. The zero-order valence-corrected chi connectivity index (χ0v) is 15.8. The van der Waals surface area contributed by atoms with Crippen LogP contribution in [0.4, 0.5) is 10.5 Å². The molecule has 3 heteroatoms. The molecule has 2 aromatic carbocycles. The average Bonchev–Trinajstić information content (AvgIpc) is 3.46. The highest BCUT2D eigenvalue weighted by atomic mass is 16.4. The molecule has 3 nitrogen and oxygen atoms in total. The highest BCUT2D eigenvalue weighted by Gasteiger charge is 2.32. The molecule has 1 aliphatic carbocycles. The Kier molecular flexibility index (Phi) is 5.17. The van der Waals surface area contributed by atoms with Gasteiger partial charge in [-0.25, -0.2) is 4.79 Å². The molecular formula is C23H27NO2. The van der Waals surface area contributed by atoms with Crippen LogP contribution in [0.2, 0.25) is 0 Å². The molecule has 0 heterocycles. The standard InChI is InChI=1S/C23H27NO2/c1-15(2)20-11-8-12-21(16(3)18-13-14-18)22(20)24(23(25)26)17(4)19-9-6-5-7-10-19/h5-12,15,17-18H,3,13-14H2,1-2,4H3,(H,25,26)/t17-/m1/s1. The van der Waals surface area contributed by atoms with Gasteiger partial charge in [0.15, 0.2) is 0 Å². The quantitative estimate of drug-likeness (QED) is 0.648. The second-order valence-electron chi connectivity index (χ2n) is 7.44. The number of allylic oxidation sites excluding steroid dienone is 1. The summed E-state index contributed by atoms with van der Waals surface area (Å²) in [6.45, 7) is 10.5. The minimum absolute atomic E-state index is 0.224. The molecule has 1 aliphatic rings. The van der Waals surface area contributed by atoms with E-state index in [1.54, 1.807) is 0 Å². The minimum atomic E-state index is -0.931. The number of rotatable bonds is 6. The zero-order chi connectivity index (χ0) is 18.8. The van der Waals surface area contributed by atoms with E-state index >= 15 is 0 Å². The lowest BCUT2D eigenvalue weighted by Gasteiger charge is -2.32. The first-order valence-corrected chi connectivity index (χ1v) is 9.31. The van der Waals surface area contributed by atoms with Crippen LogP contribution >= 0.6 is 0 Å². The van der Waals surface area contributed by atoms with Crippen LogP contribution in [0.3, 0.4) is 0 Å². The maximum atomic E-state index is 12.3. The van der Waals surface area contributed by atoms with Gasteiger partial charge in [0.05, 0.1) is 11.7 Å². The maximum Gasteiger partial charge on any atom is 0.412 e. The topological polar surface area (TPSA) is 40.5 Å². The highest BCUT2D eigenvalue weighted by molar-refractivity contribution is 5.93. The van der Waals surface area contributed by atoms with Crippen molar-refractivity contribution in [2.75, 3.05) is 4.90 Å². The molecule has 0 unspecified atom stereocenters. The Morgan fingerprint density at radius 1 is 1.08 bits per heavy atom. The summed E-state index contributed by atoms with van der Waals surface area (Å²) in [5.41, 5.74) is 4.87. The first kappa shape index (κ1) is 18.2. The molecule has 136 valence electrons. The molecule has 1 N–H and O–H groups in total. The van der Waals surface area contributed by atoms with Gasteiger partial charge in [-0.1, -0.05) is 69.0 Å². The van der Waals surface area contributed by atoms with Crippen LogP contribution in [0.25, 0.3) is 5.57 Å². The van der Waals surface area contributed by atoms with Crippen LogP contribution in [0.15, 0.2) is 55.1 Å². The molecule has 1 saturated carbocycles. The largest absolute Gasteiger partial charge is 0.465 e. The fourth-order valence-corrected chi connectivity index (χ4v) is 3.54. The molecule has 1 fully saturated rings. The first-order valence-electron chi connectivity index (χ1n) is 9.31. The average molecular weight is 349 g/mol. The van der Waals surface area contributed by atoms with Crippen LogP contribution in [-0.2, 0) is 0 Å². The number of anilines is 1. The number of hydrogen-bond donors (Lipinski definition) is 1. The second-order valence-corrected chi connectivity index (χ2v) is 7.44. The molecule has 2 aromatic rings. The zero-order valence-electron chi connectivity index (χ0n) is 15.8. The summed E-state index contributed by atoms with van der Waals surface area (Å²) in [7, 11) is 0. The third-order valence-corrected chi connectivity index (χ3v) is 5.22. The van der Waals surface area contributed by atoms with E-state index in [0.717, 1.165) is 40.8 Å². The predicted molar refractivity (Wildman–Crippen MR) is 108 cm³/mol. The maximum absolute atomic E-state index is 12.3. The molecule has 0 aliphatic heterocycles. The van der Waals surface area contributed by atoms with Gasteiger partial charge >= 0.3 is 6.09 Å². The van der Waals surface area contributed by atoms with Crippen LogP contribution in [-0.4, -0.2) is 11.2 Å². The number of hydrogen-bond acceptors (Lipinski definition) is 1. The van der Waals surface area contributed by atoms with Crippen LogP contribution in [0, 0.1) is 5.92 Å². The van der Waals surface area contributed by atoms with Gasteiger partial charge in [-0.3, -0.25) is 4.90 Å². The van der Waals surface area contributed by atoms with E-state index in [9.17, 15) is 9.90 Å². The van der Waals surface area contributed by atoms with Crippen LogP contribution in [0.1, 0.15) is 62.3 Å². The Morgan fingerprint density at radius 3 is 2.27 bits per heavy atom. The minimum Gasteiger partial charge on any atom is -0.465 e. The van der Waals surface area contributed by atoms with Crippen molar-refractivity contribution in [3.63, 3.8) is 0 Å². The van der Waals surface area contributed by atoms with Crippen molar-refractivity contribution in [3.8, 4) is 0 Å². The van der Waals surface area contributed by atoms with Crippen molar-refractivity contribution in [2.45, 2.75) is 45.6 Å². The van der Waals surface area contributed by atoms with E-state index in [1.807, 2.05) is 55.5 Å². The number of nitrogens with zero attached hydrogens (tertiary/aromatic N) is 1. The number of para-hydroxylation sites is 1. The summed E-state index contributed by atoms with van der Waals surface area (Å²) in [5.74, 6) is 0.709. The molecule has 0 aromatic heterocycles. The van der Waals surface area contributed by atoms with Crippen molar-refractivity contribution >= 4 is 17.4 Å². The van der Waals surface area contributed by atoms with Crippen LogP contribution in [0.5, 0.6) is 0 Å². The van der Waals surface area contributed by atoms with Crippen LogP contribution < -0.4 is 4.90 Å². The number of carboxylic acid groups (broad SMARTS) is 1. The number of amides is 1. The summed E-state index contributed by atoms with van der Waals surface area (Å²) in [6.07, 6.45) is 1.36. The van der Waals surface area contributed by atoms with Gasteiger partial charge in [0, 0.05) is 5.56 Å². The Labute approximate surface area is 156 Å². The fourth-order valence-electron chi connectivity index (χ4n) is 3.54. The summed E-state index contributed by atoms with van der Waals surface area (Å²) in [6, 6.07) is 15.6. The van der Waals surface area contributed by atoms with Gasteiger partial charge in [-0.15, -0.1) is 0 Å². The Hall–Kier alpha value is -2.55. The monoisotopic (exact) mass is 349 g/mol. The molecule has 3 rings (SSSR count). The van der Waals surface area contributed by atoms with Crippen molar-refractivity contribution in [3.05, 3.63) is 71.8 Å². The van der Waals surface area contributed by atoms with Gasteiger partial charge in [-0.2, -0.15) is 0 Å². The molecule has 0 radical (unpaired) electrons. The van der Waals surface area contributed by atoms with Crippen molar-refractivity contribution in [2.24, 2.45) is 5.92 Å². The summed E-state index contributed by atoms with van der Waals surface area (Å²) >= 11 is 0. The highest BCUT2D eigenvalue weighted by Crippen LogP contribution is 2.46. The molecule has 0 saturated heterocycles. The summed E-state index contributed by atoms with van der Waals surface area (Å²) in [4.78, 5) is 13.9. The van der Waals surface area contributed by atoms with E-state index < -0.39 is 6.09 Å². The Balaban J connectivity index is 2.16. The van der Waals surface area contributed by atoms with Gasteiger partial charge in [0.25, 0.3) is 0 Å². The molecule has 1 atom stereocenters. The first-order chi connectivity index (χ1) is 12.4. The van der Waals surface area contributed by atoms with E-state index in [2.05, 4.69) is 20.4 Å². The summed E-state index contributed by atoms with van der Waals surface area (Å²) in [5, 5.41) is 10.1. The lowest BCUT2D eigenvalue weighted by Crippen LogP contribution is -2.34. The van der Waals surface area contributed by atoms with Crippen molar-refractivity contribution in [1.82, 2.24) is 0 Å². The molecule has 1 amide bonds. The van der Waals surface area contributed by atoms with E-state index in [4.69, 9.17) is 0 Å². The lowest BCUT2D eigenvalue weighted by atomic mass is 9.91. The normalized spacial score (nSPS) is 14.9. The SMILES string of the molecule is C=C(c1cccc(C(C)C)c1N(C(=O)O)[C@H](C)c1ccccc1)C1CC1. The lowest BCUT2D eigenvalue weighted by molar-refractivity contribution is 0.199. The Morgan fingerprint density at radius 2 is 1.73 bits per heavy atom. The third-order valence-electron chi connectivity index (χ3n) is 5.22. The predicted octanol–water partition coefficient (Wildman–Crippen LogP) is 6.48. The van der Waals surface area contributed by atoms with Gasteiger partial charge in [0.1, 0.15) is 0 Å². The summed E-state index contributed by atoms with van der Waals surface area (Å²) < 4.78 is 0. The molecule has 0 bridgehead atoms. The van der Waals surface area contributed by atoms with Gasteiger partial charge in [0.2, 0.25) is 0 Å². The van der Waals surface area contributed by atoms with Gasteiger partial charge in [-0.05, 0) is 48.3 Å². The van der Waals surface area contributed by atoms with Crippen molar-refractivity contribution < 1.29 is 9.90 Å². The molecule has 0 spiro atoms. The van der Waals surface area contributed by atoms with E-state index in [-0.39, 0.29) is 12.0 Å². The fraction of sp³-hybridized carbons (Fsp3) is 0.348. The van der Waals surface area contributed by atoms with Crippen molar-refractivity contribution in [1.29, 1.82) is 0 Å².